The first-order chi connectivity index (χ1) is 13.9. The summed E-state index contributed by atoms with van der Waals surface area (Å²) in [5.74, 6) is -1.36. The van der Waals surface area contributed by atoms with Gasteiger partial charge in [-0.15, -0.1) is 0 Å². The van der Waals surface area contributed by atoms with Crippen LogP contribution in [-0.2, 0) is 6.54 Å². The van der Waals surface area contributed by atoms with Crippen molar-refractivity contribution in [2.75, 3.05) is 6.54 Å². The molecule has 1 aliphatic heterocycles. The van der Waals surface area contributed by atoms with Gasteiger partial charge in [-0.05, 0) is 32.0 Å². The molecule has 1 saturated heterocycles. The highest BCUT2D eigenvalue weighted by molar-refractivity contribution is 5.75. The average Bonchev–Trinajstić information content (AvgIpc) is 2.71. The molecule has 2 aromatic heterocycles. The predicted molar refractivity (Wildman–Crippen MR) is 100 cm³/mol. The molecule has 0 unspecified atom stereocenters. The molecule has 1 aromatic carbocycles. The van der Waals surface area contributed by atoms with Gasteiger partial charge in [0.1, 0.15) is 29.1 Å². The van der Waals surface area contributed by atoms with Crippen LogP contribution in [0.2, 0.25) is 0 Å². The van der Waals surface area contributed by atoms with Gasteiger partial charge in [-0.1, -0.05) is 6.07 Å². The number of aryl methyl sites for hydroxylation is 1. The number of aromatic amines is 1. The Kier molecular flexibility index (Phi) is 4.72. The van der Waals surface area contributed by atoms with Gasteiger partial charge in [0.15, 0.2) is 11.6 Å². The van der Waals surface area contributed by atoms with Crippen LogP contribution >= 0.6 is 0 Å². The molecule has 2 atom stereocenters. The number of hydrogen-bond acceptors (Lipinski definition) is 6. The average molecular weight is 397 g/mol. The number of aromatic nitrogens is 3. The molecule has 1 N–H and O–H groups in total. The van der Waals surface area contributed by atoms with E-state index in [2.05, 4.69) is 15.0 Å². The first-order valence-electron chi connectivity index (χ1n) is 9.02. The van der Waals surface area contributed by atoms with E-state index in [1.165, 1.54) is 12.1 Å². The van der Waals surface area contributed by atoms with Crippen molar-refractivity contribution in [1.29, 1.82) is 5.26 Å². The van der Waals surface area contributed by atoms with Crippen LogP contribution in [0.25, 0.3) is 11.0 Å². The fourth-order valence-corrected chi connectivity index (χ4v) is 3.32. The maximum absolute atomic E-state index is 14.8. The Morgan fingerprint density at radius 1 is 1.31 bits per heavy atom. The molecule has 0 spiro atoms. The number of benzene rings is 1. The van der Waals surface area contributed by atoms with Crippen molar-refractivity contribution in [2.45, 2.75) is 32.5 Å². The van der Waals surface area contributed by atoms with Gasteiger partial charge in [0, 0.05) is 24.7 Å². The molecule has 29 heavy (non-hydrogen) atoms. The maximum Gasteiger partial charge on any atom is 0.269 e. The normalized spacial score (nSPS) is 19.0. The number of likely N-dealkylation sites (tertiary alicyclic amines) is 1. The SMILES string of the molecule is Cc1nc2ccc(CN3C[C@H](Oc4ccc(C#N)nc4F)[C@@H]3C)c(F)c2[nH]c1=O. The Bertz CT molecular complexity index is 1200. The van der Waals surface area contributed by atoms with Crippen molar-refractivity contribution in [3.05, 3.63) is 63.3 Å². The maximum atomic E-state index is 14.8. The monoisotopic (exact) mass is 397 g/mol. The molecule has 9 heteroatoms. The van der Waals surface area contributed by atoms with Crippen LogP contribution in [-0.4, -0.2) is 38.5 Å². The van der Waals surface area contributed by atoms with Crippen molar-refractivity contribution in [1.82, 2.24) is 19.9 Å². The van der Waals surface area contributed by atoms with Crippen LogP contribution < -0.4 is 10.3 Å². The lowest BCUT2D eigenvalue weighted by atomic mass is 9.99. The number of pyridine rings is 1. The van der Waals surface area contributed by atoms with Gasteiger partial charge in [-0.25, -0.2) is 14.4 Å². The summed E-state index contributed by atoms with van der Waals surface area (Å²) >= 11 is 0. The highest BCUT2D eigenvalue weighted by Gasteiger charge is 2.38. The largest absolute Gasteiger partial charge is 0.483 e. The van der Waals surface area contributed by atoms with Gasteiger partial charge < -0.3 is 9.72 Å². The van der Waals surface area contributed by atoms with Crippen molar-refractivity contribution in [3.63, 3.8) is 0 Å². The zero-order valence-corrected chi connectivity index (χ0v) is 15.7. The Hall–Kier alpha value is -3.38. The third-order valence-corrected chi connectivity index (χ3v) is 5.16. The number of nitrogens with one attached hydrogen (secondary N) is 1. The van der Waals surface area contributed by atoms with Crippen LogP contribution in [0.4, 0.5) is 8.78 Å². The van der Waals surface area contributed by atoms with Crippen LogP contribution in [0.1, 0.15) is 23.9 Å². The van der Waals surface area contributed by atoms with Gasteiger partial charge in [0.25, 0.3) is 11.5 Å². The zero-order valence-electron chi connectivity index (χ0n) is 15.7. The minimum atomic E-state index is -0.831. The van der Waals surface area contributed by atoms with E-state index in [0.29, 0.717) is 24.2 Å². The van der Waals surface area contributed by atoms with Crippen LogP contribution in [0.5, 0.6) is 5.75 Å². The van der Waals surface area contributed by atoms with Gasteiger partial charge in [-0.2, -0.15) is 9.65 Å². The van der Waals surface area contributed by atoms with E-state index in [4.69, 9.17) is 10.00 Å². The Morgan fingerprint density at radius 3 is 2.79 bits per heavy atom. The lowest BCUT2D eigenvalue weighted by molar-refractivity contribution is -0.0437. The number of rotatable bonds is 4. The summed E-state index contributed by atoms with van der Waals surface area (Å²) in [6.07, 6.45) is -0.285. The third-order valence-electron chi connectivity index (χ3n) is 5.16. The summed E-state index contributed by atoms with van der Waals surface area (Å²) in [6, 6.07) is 7.77. The second-order valence-corrected chi connectivity index (χ2v) is 7.01. The fraction of sp³-hybridized carbons (Fsp3) is 0.300. The number of halogens is 2. The number of nitriles is 1. The first kappa shape index (κ1) is 19.0. The molecule has 3 heterocycles. The molecule has 0 radical (unpaired) electrons. The highest BCUT2D eigenvalue weighted by atomic mass is 19.1. The molecular formula is C20H17F2N5O2. The number of hydrogen-bond donors (Lipinski definition) is 1. The highest BCUT2D eigenvalue weighted by Crippen LogP contribution is 2.28. The predicted octanol–water partition coefficient (Wildman–Crippen LogP) is 2.43. The van der Waals surface area contributed by atoms with E-state index in [1.54, 1.807) is 25.1 Å². The van der Waals surface area contributed by atoms with Crippen molar-refractivity contribution >= 4 is 11.0 Å². The van der Waals surface area contributed by atoms with E-state index in [1.807, 2.05) is 11.8 Å². The van der Waals surface area contributed by atoms with Gasteiger partial charge >= 0.3 is 0 Å². The second kappa shape index (κ2) is 7.22. The molecule has 4 rings (SSSR count). The molecule has 7 nitrogen and oxygen atoms in total. The van der Waals surface area contributed by atoms with Crippen molar-refractivity contribution in [2.24, 2.45) is 0 Å². The van der Waals surface area contributed by atoms with E-state index in [-0.39, 0.29) is 34.8 Å². The third kappa shape index (κ3) is 3.43. The lowest BCUT2D eigenvalue weighted by Gasteiger charge is -2.45. The fourth-order valence-electron chi connectivity index (χ4n) is 3.32. The Labute approximate surface area is 164 Å². The molecule has 0 bridgehead atoms. The molecule has 1 fully saturated rings. The van der Waals surface area contributed by atoms with Gasteiger partial charge in [-0.3, -0.25) is 9.69 Å². The molecule has 0 aliphatic carbocycles. The quantitative estimate of drug-likeness (QED) is 0.680. The summed E-state index contributed by atoms with van der Waals surface area (Å²) in [5.41, 5.74) is 0.751. The molecule has 148 valence electrons. The van der Waals surface area contributed by atoms with Crippen LogP contribution in [0.15, 0.2) is 29.1 Å². The van der Waals surface area contributed by atoms with E-state index >= 15 is 0 Å². The topological polar surface area (TPSA) is 94.9 Å². The summed E-state index contributed by atoms with van der Waals surface area (Å²) in [6.45, 7) is 4.25. The molecule has 3 aromatic rings. The lowest BCUT2D eigenvalue weighted by Crippen LogP contribution is -2.60. The standard InChI is InChI=1S/C20H17F2N5O2/c1-10-20(28)26-18-14(24-10)5-3-12(17(18)21)8-27-9-16(11(27)2)29-15-6-4-13(7-23)25-19(15)22/h3-6,11,16H,8-9H2,1-2H3,(H,26,28)/t11-,16-/m0/s1. The first-order valence-corrected chi connectivity index (χ1v) is 9.02. The van der Waals surface area contributed by atoms with Gasteiger partial charge in [0.2, 0.25) is 0 Å². The van der Waals surface area contributed by atoms with Crippen molar-refractivity contribution < 1.29 is 13.5 Å². The summed E-state index contributed by atoms with van der Waals surface area (Å²) in [7, 11) is 0. The Morgan fingerprint density at radius 2 is 2.10 bits per heavy atom. The number of nitrogens with zero attached hydrogens (tertiary/aromatic N) is 4. The van der Waals surface area contributed by atoms with Crippen LogP contribution in [0.3, 0.4) is 0 Å². The second-order valence-electron chi connectivity index (χ2n) is 7.01. The van der Waals surface area contributed by atoms with E-state index in [0.717, 1.165) is 0 Å². The Balaban J connectivity index is 1.47. The van der Waals surface area contributed by atoms with Crippen LogP contribution in [0, 0.1) is 30.0 Å². The summed E-state index contributed by atoms with van der Waals surface area (Å²) in [5, 5.41) is 8.75. The van der Waals surface area contributed by atoms with E-state index in [9.17, 15) is 13.6 Å². The van der Waals surface area contributed by atoms with Gasteiger partial charge in [0.05, 0.1) is 5.52 Å². The smallest absolute Gasteiger partial charge is 0.269 e. The molecule has 0 amide bonds. The summed E-state index contributed by atoms with van der Waals surface area (Å²) in [4.78, 5) is 23.9. The summed E-state index contributed by atoms with van der Waals surface area (Å²) < 4.78 is 34.4. The molecule has 0 saturated carbocycles. The zero-order chi connectivity index (χ0) is 20.7. The number of H-pyrrole nitrogens is 1. The van der Waals surface area contributed by atoms with E-state index < -0.39 is 17.3 Å². The molecule has 1 aliphatic rings. The number of ether oxygens (including phenoxy) is 1. The minimum absolute atomic E-state index is 0.0172. The number of fused-ring (bicyclic) bond motifs is 1. The minimum Gasteiger partial charge on any atom is -0.483 e. The molecular weight excluding hydrogens is 380 g/mol. The van der Waals surface area contributed by atoms with Crippen molar-refractivity contribution in [3.8, 4) is 11.8 Å².